The van der Waals surface area contributed by atoms with Crippen LogP contribution >= 0.6 is 0 Å². The molecule has 0 aliphatic carbocycles. The van der Waals surface area contributed by atoms with Crippen molar-refractivity contribution in [3.8, 4) is 5.75 Å². The highest BCUT2D eigenvalue weighted by molar-refractivity contribution is 5.75. The van der Waals surface area contributed by atoms with Gasteiger partial charge in [0, 0.05) is 12.1 Å². The average Bonchev–Trinajstić information content (AvgIpc) is 3.11. The van der Waals surface area contributed by atoms with Crippen molar-refractivity contribution in [2.24, 2.45) is 0 Å². The summed E-state index contributed by atoms with van der Waals surface area (Å²) in [4.78, 5) is 15.1. The number of halogens is 1. The predicted molar refractivity (Wildman–Crippen MR) is 89.6 cm³/mol. The van der Waals surface area contributed by atoms with E-state index in [0.717, 1.165) is 41.8 Å². The Morgan fingerprint density at radius 2 is 2.12 bits per heavy atom. The lowest BCUT2D eigenvalue weighted by molar-refractivity contribution is 0.404. The van der Waals surface area contributed by atoms with E-state index in [-0.39, 0.29) is 11.9 Å². The maximum absolute atomic E-state index is 13.8. The molecule has 4 rings (SSSR count). The first-order valence-corrected chi connectivity index (χ1v) is 7.93. The van der Waals surface area contributed by atoms with Crippen molar-refractivity contribution >= 4 is 16.9 Å². The number of hydrogen-bond donors (Lipinski definition) is 0. The number of nitrogens with zero attached hydrogens (tertiary/aromatic N) is 4. The van der Waals surface area contributed by atoms with Crippen LogP contribution in [0, 0.1) is 5.82 Å². The van der Waals surface area contributed by atoms with Crippen molar-refractivity contribution in [1.29, 1.82) is 0 Å². The topological polar surface area (TPSA) is 51.1 Å². The zero-order chi connectivity index (χ0) is 16.5. The van der Waals surface area contributed by atoms with Crippen molar-refractivity contribution in [3.63, 3.8) is 0 Å². The molecule has 1 aliphatic rings. The summed E-state index contributed by atoms with van der Waals surface area (Å²) in [5.74, 6) is 1.31. The molecule has 0 N–H and O–H groups in total. The number of aromatic nitrogens is 3. The highest BCUT2D eigenvalue weighted by atomic mass is 19.1. The normalized spacial score (nSPS) is 17.4. The smallest absolute Gasteiger partial charge is 0.129 e. The number of hydrogen-bond acceptors (Lipinski definition) is 5. The highest BCUT2D eigenvalue weighted by Crippen LogP contribution is 2.39. The van der Waals surface area contributed by atoms with E-state index in [9.17, 15) is 4.39 Å². The first-order chi connectivity index (χ1) is 11.8. The Kier molecular flexibility index (Phi) is 3.72. The summed E-state index contributed by atoms with van der Waals surface area (Å²) in [6.07, 6.45) is 5.18. The van der Waals surface area contributed by atoms with E-state index in [0.29, 0.717) is 5.75 Å². The third-order valence-electron chi connectivity index (χ3n) is 4.45. The summed E-state index contributed by atoms with van der Waals surface area (Å²) in [7, 11) is 1.61. The fourth-order valence-corrected chi connectivity index (χ4v) is 3.35. The fourth-order valence-electron chi connectivity index (χ4n) is 3.35. The number of fused-ring (bicyclic) bond motifs is 1. The largest absolute Gasteiger partial charge is 0.496 e. The summed E-state index contributed by atoms with van der Waals surface area (Å²) in [6, 6.07) is 8.61. The van der Waals surface area contributed by atoms with Crippen LogP contribution in [0.1, 0.15) is 24.4 Å². The van der Waals surface area contributed by atoms with Gasteiger partial charge in [-0.2, -0.15) is 0 Å². The number of anilines is 1. The summed E-state index contributed by atoms with van der Waals surface area (Å²) in [6.45, 7) is 0.872. The Bertz CT molecular complexity index is 886. The second kappa shape index (κ2) is 6.03. The summed E-state index contributed by atoms with van der Waals surface area (Å²) >= 11 is 0. The molecule has 1 fully saturated rings. The summed E-state index contributed by atoms with van der Waals surface area (Å²) < 4.78 is 19.2. The number of methoxy groups -OCH3 is 1. The van der Waals surface area contributed by atoms with Crippen LogP contribution in [-0.2, 0) is 0 Å². The minimum atomic E-state index is -0.252. The van der Waals surface area contributed by atoms with E-state index in [4.69, 9.17) is 4.74 Å². The van der Waals surface area contributed by atoms with Crippen LogP contribution in [0.3, 0.4) is 0 Å². The molecule has 1 aromatic carbocycles. The van der Waals surface area contributed by atoms with Crippen molar-refractivity contribution in [2.45, 2.75) is 18.9 Å². The average molecular weight is 324 g/mol. The number of pyridine rings is 1. The molecule has 0 saturated carbocycles. The first kappa shape index (κ1) is 14.8. The Hall–Kier alpha value is -2.76. The maximum atomic E-state index is 13.8. The molecule has 0 radical (unpaired) electrons. The van der Waals surface area contributed by atoms with Crippen molar-refractivity contribution in [2.75, 3.05) is 18.6 Å². The number of benzene rings is 1. The molecule has 0 spiro atoms. The number of ether oxygens (including phenoxy) is 1. The zero-order valence-electron chi connectivity index (χ0n) is 13.3. The zero-order valence-corrected chi connectivity index (χ0v) is 13.3. The van der Waals surface area contributed by atoms with Crippen LogP contribution in [0.15, 0.2) is 42.9 Å². The Morgan fingerprint density at radius 1 is 1.21 bits per heavy atom. The van der Waals surface area contributed by atoms with Gasteiger partial charge in [0.05, 0.1) is 24.9 Å². The van der Waals surface area contributed by atoms with E-state index in [1.165, 1.54) is 12.4 Å². The first-order valence-electron chi connectivity index (χ1n) is 7.93. The molecule has 24 heavy (non-hydrogen) atoms. The van der Waals surface area contributed by atoms with Crippen molar-refractivity contribution in [3.05, 3.63) is 54.2 Å². The van der Waals surface area contributed by atoms with E-state index in [1.54, 1.807) is 25.4 Å². The molecule has 5 nitrogen and oxygen atoms in total. The van der Waals surface area contributed by atoms with Crippen molar-refractivity contribution < 1.29 is 9.13 Å². The van der Waals surface area contributed by atoms with Crippen molar-refractivity contribution in [1.82, 2.24) is 15.0 Å². The van der Waals surface area contributed by atoms with Crippen LogP contribution in [-0.4, -0.2) is 28.6 Å². The number of rotatable bonds is 3. The van der Waals surface area contributed by atoms with Gasteiger partial charge >= 0.3 is 0 Å². The van der Waals surface area contributed by atoms with Gasteiger partial charge in [-0.15, -0.1) is 0 Å². The minimum Gasteiger partial charge on any atom is -0.496 e. The Morgan fingerprint density at radius 3 is 3.00 bits per heavy atom. The maximum Gasteiger partial charge on any atom is 0.129 e. The van der Waals surface area contributed by atoms with E-state index < -0.39 is 0 Å². The highest BCUT2D eigenvalue weighted by Gasteiger charge is 2.29. The van der Waals surface area contributed by atoms with Crippen LogP contribution in [0.5, 0.6) is 5.75 Å². The lowest BCUT2D eigenvalue weighted by Gasteiger charge is -2.27. The quantitative estimate of drug-likeness (QED) is 0.738. The second-order valence-corrected chi connectivity index (χ2v) is 5.83. The molecule has 0 amide bonds. The predicted octanol–water partition coefficient (Wildman–Crippen LogP) is 3.51. The fraction of sp³-hybridized carbons (Fsp3) is 0.278. The van der Waals surface area contributed by atoms with Gasteiger partial charge in [0.25, 0.3) is 0 Å². The molecule has 3 heterocycles. The lowest BCUT2D eigenvalue weighted by atomic mass is 10.0. The van der Waals surface area contributed by atoms with Gasteiger partial charge in [-0.05, 0) is 43.2 Å². The van der Waals surface area contributed by atoms with Crippen LogP contribution in [0.2, 0.25) is 0 Å². The summed E-state index contributed by atoms with van der Waals surface area (Å²) in [5.41, 5.74) is 2.43. The molecule has 1 saturated heterocycles. The molecule has 0 unspecified atom stereocenters. The van der Waals surface area contributed by atoms with Gasteiger partial charge in [-0.3, -0.25) is 0 Å². The standard InChI is InChI=1S/C18H17FN4O/c1-24-17-6-4-12(19)9-13(17)16-3-2-8-23(16)18-7-5-14-15(22-18)10-20-11-21-14/h4-7,9-11,16H,2-3,8H2,1H3/t16-/m1/s1. The van der Waals surface area contributed by atoms with Crippen LogP contribution in [0.25, 0.3) is 11.0 Å². The second-order valence-electron chi connectivity index (χ2n) is 5.83. The van der Waals surface area contributed by atoms with Crippen LogP contribution < -0.4 is 9.64 Å². The Balaban J connectivity index is 1.75. The molecular weight excluding hydrogens is 307 g/mol. The summed E-state index contributed by atoms with van der Waals surface area (Å²) in [5, 5.41) is 0. The SMILES string of the molecule is COc1ccc(F)cc1[C@H]1CCCN1c1ccc2ncncc2n1. The van der Waals surface area contributed by atoms with E-state index in [2.05, 4.69) is 19.9 Å². The third kappa shape index (κ3) is 2.54. The minimum absolute atomic E-state index is 0.0465. The monoisotopic (exact) mass is 324 g/mol. The molecule has 6 heteroatoms. The van der Waals surface area contributed by atoms with Crippen LogP contribution in [0.4, 0.5) is 10.2 Å². The molecule has 1 aliphatic heterocycles. The Labute approximate surface area is 139 Å². The molecule has 0 bridgehead atoms. The van der Waals surface area contributed by atoms with Gasteiger partial charge < -0.3 is 9.64 Å². The molecule has 2 aromatic heterocycles. The van der Waals surface area contributed by atoms with Gasteiger partial charge in [0.15, 0.2) is 0 Å². The molecule has 3 aromatic rings. The van der Waals surface area contributed by atoms with E-state index in [1.807, 2.05) is 12.1 Å². The molecule has 1 atom stereocenters. The van der Waals surface area contributed by atoms with Gasteiger partial charge in [-0.1, -0.05) is 0 Å². The molecular formula is C18H17FN4O. The van der Waals surface area contributed by atoms with Gasteiger partial charge in [-0.25, -0.2) is 19.3 Å². The van der Waals surface area contributed by atoms with E-state index >= 15 is 0 Å². The lowest BCUT2D eigenvalue weighted by Crippen LogP contribution is -2.24. The third-order valence-corrected chi connectivity index (χ3v) is 4.45. The van der Waals surface area contributed by atoms with Gasteiger partial charge in [0.2, 0.25) is 0 Å². The van der Waals surface area contributed by atoms with Gasteiger partial charge in [0.1, 0.15) is 29.2 Å². The molecule has 122 valence electrons.